The summed E-state index contributed by atoms with van der Waals surface area (Å²) in [4.78, 5) is 37.7. The van der Waals surface area contributed by atoms with E-state index >= 15 is 0 Å². The smallest absolute Gasteiger partial charge is 0.341 e. The van der Waals surface area contributed by atoms with Gasteiger partial charge in [-0.25, -0.2) is 14.4 Å². The molecule has 3 aromatic carbocycles. The summed E-state index contributed by atoms with van der Waals surface area (Å²) in [6, 6.07) is 7.18. The van der Waals surface area contributed by atoms with Crippen LogP contribution in [0.3, 0.4) is 0 Å². The van der Waals surface area contributed by atoms with Gasteiger partial charge in [-0.05, 0) is 18.2 Å². The molecular weight excluding hydrogens is 528 g/mol. The standard InChI is InChI=1S/C28H28O12/c1-35-22-10-19(29)13(7-16(22)26(32)38-4)25(14-8-17(27(33)39-5)23(36-2)11-20(14)30)15-9-18(28(34)40-6)24(37-3)12-21(15)31/h7-12,25,29-31H,1-6H3. The Morgan fingerprint density at radius 3 is 0.950 bits per heavy atom. The van der Waals surface area contributed by atoms with E-state index in [1.807, 2.05) is 0 Å². The Balaban J connectivity index is 2.51. The number of hydrogen-bond acceptors (Lipinski definition) is 12. The number of aromatic hydroxyl groups is 3. The number of carbonyl (C=O) groups excluding carboxylic acids is 3. The fourth-order valence-corrected chi connectivity index (χ4v) is 4.27. The second-order valence-electron chi connectivity index (χ2n) is 8.24. The van der Waals surface area contributed by atoms with E-state index in [9.17, 15) is 29.7 Å². The Morgan fingerprint density at radius 1 is 0.500 bits per heavy atom. The van der Waals surface area contributed by atoms with Crippen LogP contribution >= 0.6 is 0 Å². The predicted octanol–water partition coefficient (Wildman–Crippen LogP) is 3.37. The van der Waals surface area contributed by atoms with E-state index < -0.39 is 41.1 Å². The zero-order valence-corrected chi connectivity index (χ0v) is 22.6. The summed E-state index contributed by atoms with van der Waals surface area (Å²) in [5, 5.41) is 33.3. The molecule has 0 aliphatic heterocycles. The Morgan fingerprint density at radius 2 is 0.750 bits per heavy atom. The average molecular weight is 557 g/mol. The number of hydrogen-bond donors (Lipinski definition) is 3. The Labute approximate surface area is 229 Å². The van der Waals surface area contributed by atoms with Crippen molar-refractivity contribution < 1.29 is 58.1 Å². The number of esters is 3. The summed E-state index contributed by atoms with van der Waals surface area (Å²) in [6.07, 6.45) is 0. The number of benzene rings is 3. The molecule has 40 heavy (non-hydrogen) atoms. The molecule has 3 N–H and O–H groups in total. The van der Waals surface area contributed by atoms with Crippen LogP contribution in [0.25, 0.3) is 0 Å². The highest BCUT2D eigenvalue weighted by atomic mass is 16.5. The van der Waals surface area contributed by atoms with Gasteiger partial charge in [0.15, 0.2) is 0 Å². The zero-order chi connectivity index (χ0) is 29.7. The van der Waals surface area contributed by atoms with Gasteiger partial charge in [0.2, 0.25) is 0 Å². The lowest BCUT2D eigenvalue weighted by atomic mass is 9.81. The van der Waals surface area contributed by atoms with Crippen LogP contribution in [0.5, 0.6) is 34.5 Å². The molecule has 3 aromatic rings. The molecule has 12 heteroatoms. The number of methoxy groups -OCH3 is 6. The van der Waals surface area contributed by atoms with Crippen molar-refractivity contribution in [3.63, 3.8) is 0 Å². The molecule has 0 heterocycles. The molecule has 0 atom stereocenters. The van der Waals surface area contributed by atoms with Crippen molar-refractivity contribution in [1.82, 2.24) is 0 Å². The number of phenolic OH excluding ortho intramolecular Hbond substituents is 3. The van der Waals surface area contributed by atoms with Crippen LogP contribution in [0.15, 0.2) is 36.4 Å². The first-order chi connectivity index (χ1) is 19.1. The van der Waals surface area contributed by atoms with Crippen molar-refractivity contribution in [3.8, 4) is 34.5 Å². The molecule has 212 valence electrons. The Hall–Kier alpha value is -5.13. The largest absolute Gasteiger partial charge is 0.507 e. The molecule has 0 saturated heterocycles. The minimum absolute atomic E-state index is 0.0183. The first kappa shape index (κ1) is 29.4. The van der Waals surface area contributed by atoms with E-state index in [1.165, 1.54) is 39.5 Å². The molecular formula is C28H28O12. The van der Waals surface area contributed by atoms with Crippen molar-refractivity contribution in [1.29, 1.82) is 0 Å². The summed E-state index contributed by atoms with van der Waals surface area (Å²) in [6.45, 7) is 0. The van der Waals surface area contributed by atoms with Gasteiger partial charge in [-0.2, -0.15) is 0 Å². The van der Waals surface area contributed by atoms with Crippen LogP contribution in [0.4, 0.5) is 0 Å². The van der Waals surface area contributed by atoms with E-state index in [-0.39, 0.29) is 50.6 Å². The van der Waals surface area contributed by atoms with Gasteiger partial charge in [0, 0.05) is 40.8 Å². The summed E-state index contributed by atoms with van der Waals surface area (Å²) in [5.41, 5.74) is -0.378. The summed E-state index contributed by atoms with van der Waals surface area (Å²) in [7, 11) is 7.32. The highest BCUT2D eigenvalue weighted by molar-refractivity contribution is 5.95. The summed E-state index contributed by atoms with van der Waals surface area (Å²) in [5.74, 6) is -5.03. The molecule has 0 fully saturated rings. The van der Waals surface area contributed by atoms with E-state index in [0.717, 1.165) is 39.5 Å². The maximum absolute atomic E-state index is 12.6. The topological polar surface area (TPSA) is 167 Å². The van der Waals surface area contributed by atoms with Crippen molar-refractivity contribution in [3.05, 3.63) is 69.8 Å². The van der Waals surface area contributed by atoms with Crippen molar-refractivity contribution in [2.24, 2.45) is 0 Å². The minimum Gasteiger partial charge on any atom is -0.507 e. The van der Waals surface area contributed by atoms with Gasteiger partial charge >= 0.3 is 17.9 Å². The lowest BCUT2D eigenvalue weighted by Gasteiger charge is -2.25. The number of phenols is 3. The molecule has 0 amide bonds. The third kappa shape index (κ3) is 5.37. The molecule has 0 unspecified atom stereocenters. The Bertz CT molecular complexity index is 1290. The van der Waals surface area contributed by atoms with E-state index in [2.05, 4.69) is 0 Å². The summed E-state index contributed by atoms with van der Waals surface area (Å²) >= 11 is 0. The number of carbonyl (C=O) groups is 3. The first-order valence-corrected chi connectivity index (χ1v) is 11.5. The van der Waals surface area contributed by atoms with Gasteiger partial charge in [0.25, 0.3) is 0 Å². The molecule has 3 rings (SSSR count). The second-order valence-corrected chi connectivity index (χ2v) is 8.24. The molecule has 0 bridgehead atoms. The molecule has 0 aromatic heterocycles. The first-order valence-electron chi connectivity index (χ1n) is 11.5. The normalized spacial score (nSPS) is 10.6. The Kier molecular flexibility index (Phi) is 8.94. The summed E-state index contributed by atoms with van der Waals surface area (Å²) < 4.78 is 30.2. The minimum atomic E-state index is -1.31. The molecule has 0 saturated carbocycles. The van der Waals surface area contributed by atoms with E-state index in [4.69, 9.17) is 28.4 Å². The van der Waals surface area contributed by atoms with E-state index in [0.29, 0.717) is 0 Å². The molecule has 0 aliphatic carbocycles. The van der Waals surface area contributed by atoms with Gasteiger partial charge in [0.05, 0.1) is 42.7 Å². The average Bonchev–Trinajstić information content (AvgIpc) is 2.97. The molecule has 12 nitrogen and oxygen atoms in total. The monoisotopic (exact) mass is 556 g/mol. The van der Waals surface area contributed by atoms with Crippen molar-refractivity contribution in [2.45, 2.75) is 5.92 Å². The SMILES string of the molecule is COC(=O)c1cc(C(c2cc(C(=O)OC)c(OC)cc2O)c2cc(C(=O)OC)c(OC)cc2O)c(O)cc1OC. The highest BCUT2D eigenvalue weighted by Gasteiger charge is 2.32. The fraction of sp³-hybridized carbons (Fsp3) is 0.250. The van der Waals surface area contributed by atoms with Gasteiger partial charge in [-0.1, -0.05) is 0 Å². The van der Waals surface area contributed by atoms with Crippen LogP contribution in [-0.4, -0.2) is 75.9 Å². The van der Waals surface area contributed by atoms with Gasteiger partial charge in [-0.15, -0.1) is 0 Å². The van der Waals surface area contributed by atoms with Gasteiger partial charge in [-0.3, -0.25) is 0 Å². The molecule has 0 aliphatic rings. The fourth-order valence-electron chi connectivity index (χ4n) is 4.27. The number of rotatable bonds is 9. The van der Waals surface area contributed by atoms with Crippen LogP contribution < -0.4 is 14.2 Å². The van der Waals surface area contributed by atoms with Crippen LogP contribution in [0.2, 0.25) is 0 Å². The predicted molar refractivity (Wildman–Crippen MR) is 139 cm³/mol. The molecule has 0 spiro atoms. The third-order valence-electron chi connectivity index (χ3n) is 6.20. The third-order valence-corrected chi connectivity index (χ3v) is 6.20. The number of ether oxygens (including phenoxy) is 6. The molecule has 0 radical (unpaired) electrons. The van der Waals surface area contributed by atoms with Gasteiger partial charge < -0.3 is 43.7 Å². The quantitative estimate of drug-likeness (QED) is 0.200. The van der Waals surface area contributed by atoms with Crippen molar-refractivity contribution in [2.75, 3.05) is 42.7 Å². The van der Waals surface area contributed by atoms with Gasteiger partial charge in [0.1, 0.15) is 51.2 Å². The lowest BCUT2D eigenvalue weighted by Crippen LogP contribution is -2.13. The van der Waals surface area contributed by atoms with Crippen LogP contribution in [0.1, 0.15) is 53.7 Å². The van der Waals surface area contributed by atoms with E-state index in [1.54, 1.807) is 0 Å². The van der Waals surface area contributed by atoms with Crippen LogP contribution in [0, 0.1) is 0 Å². The maximum atomic E-state index is 12.6. The highest BCUT2D eigenvalue weighted by Crippen LogP contribution is 2.48. The van der Waals surface area contributed by atoms with Crippen molar-refractivity contribution >= 4 is 17.9 Å². The maximum Gasteiger partial charge on any atom is 0.341 e. The van der Waals surface area contributed by atoms with Crippen LogP contribution in [-0.2, 0) is 14.2 Å². The lowest BCUT2D eigenvalue weighted by molar-refractivity contribution is 0.0588. The second kappa shape index (κ2) is 12.2. The zero-order valence-electron chi connectivity index (χ0n) is 22.6.